The monoisotopic (exact) mass is 268 g/mol. The molecule has 1 aromatic rings. The predicted octanol–water partition coefficient (Wildman–Crippen LogP) is 2.56. The van der Waals surface area contributed by atoms with E-state index < -0.39 is 6.10 Å². The fraction of sp³-hybridized carbons (Fsp3) is 0.600. The average molecular weight is 268 g/mol. The molecule has 0 saturated carbocycles. The Morgan fingerprint density at radius 3 is 2.53 bits per heavy atom. The Morgan fingerprint density at radius 1 is 1.16 bits per heavy atom. The van der Waals surface area contributed by atoms with Crippen LogP contribution in [0.15, 0.2) is 24.3 Å². The van der Waals surface area contributed by atoms with E-state index in [0.29, 0.717) is 25.6 Å². The minimum absolute atomic E-state index is 0.211. The van der Waals surface area contributed by atoms with Crippen LogP contribution >= 0.6 is 0 Å². The van der Waals surface area contributed by atoms with Gasteiger partial charge in [0, 0.05) is 19.3 Å². The standard InChI is InChI=1S/C15H24O4/c1-4-13(18-5-2)15(16)12-8-6-7-9-14(12)19-11-10-17-3/h6-9,13,15-16H,4-5,10-11H2,1-3H3. The van der Waals surface area contributed by atoms with Gasteiger partial charge in [-0.05, 0) is 19.4 Å². The van der Waals surface area contributed by atoms with Crippen LogP contribution in [-0.4, -0.2) is 38.1 Å². The van der Waals surface area contributed by atoms with E-state index in [-0.39, 0.29) is 6.10 Å². The summed E-state index contributed by atoms with van der Waals surface area (Å²) in [7, 11) is 1.63. The minimum Gasteiger partial charge on any atom is -0.491 e. The maximum Gasteiger partial charge on any atom is 0.125 e. The molecule has 1 aromatic carbocycles. The summed E-state index contributed by atoms with van der Waals surface area (Å²) in [6, 6.07) is 7.50. The fourth-order valence-corrected chi connectivity index (χ4v) is 1.94. The normalized spacial score (nSPS) is 14.1. The largest absolute Gasteiger partial charge is 0.491 e. The van der Waals surface area contributed by atoms with Crippen molar-refractivity contribution >= 4 is 0 Å². The molecule has 2 unspecified atom stereocenters. The lowest BCUT2D eigenvalue weighted by Crippen LogP contribution is -2.22. The highest BCUT2D eigenvalue weighted by molar-refractivity contribution is 5.35. The number of benzene rings is 1. The molecule has 4 nitrogen and oxygen atoms in total. The van der Waals surface area contributed by atoms with Gasteiger partial charge < -0.3 is 19.3 Å². The van der Waals surface area contributed by atoms with Gasteiger partial charge in [-0.1, -0.05) is 25.1 Å². The van der Waals surface area contributed by atoms with Crippen LogP contribution in [0.1, 0.15) is 31.9 Å². The summed E-state index contributed by atoms with van der Waals surface area (Å²) in [4.78, 5) is 0. The maximum atomic E-state index is 10.4. The van der Waals surface area contributed by atoms with Crippen LogP contribution in [0.3, 0.4) is 0 Å². The number of hydrogen-bond donors (Lipinski definition) is 1. The van der Waals surface area contributed by atoms with Crippen molar-refractivity contribution in [1.29, 1.82) is 0 Å². The number of methoxy groups -OCH3 is 1. The molecule has 19 heavy (non-hydrogen) atoms. The molecule has 1 rings (SSSR count). The Morgan fingerprint density at radius 2 is 1.89 bits per heavy atom. The molecule has 0 bridgehead atoms. The van der Waals surface area contributed by atoms with Crippen molar-refractivity contribution in [2.75, 3.05) is 26.9 Å². The van der Waals surface area contributed by atoms with Crippen molar-refractivity contribution in [3.63, 3.8) is 0 Å². The lowest BCUT2D eigenvalue weighted by atomic mass is 10.0. The van der Waals surface area contributed by atoms with Crippen LogP contribution < -0.4 is 4.74 Å². The van der Waals surface area contributed by atoms with Crippen LogP contribution in [0.2, 0.25) is 0 Å². The molecule has 0 aliphatic rings. The SMILES string of the molecule is CCOC(CC)C(O)c1ccccc1OCCOC. The van der Waals surface area contributed by atoms with Crippen LogP contribution in [-0.2, 0) is 9.47 Å². The molecule has 0 spiro atoms. The molecule has 2 atom stereocenters. The summed E-state index contributed by atoms with van der Waals surface area (Å²) in [5, 5.41) is 10.4. The second-order valence-corrected chi connectivity index (χ2v) is 4.23. The van der Waals surface area contributed by atoms with Crippen molar-refractivity contribution in [2.24, 2.45) is 0 Å². The Kier molecular flexibility index (Phi) is 7.48. The minimum atomic E-state index is -0.677. The summed E-state index contributed by atoms with van der Waals surface area (Å²) in [6.07, 6.45) is -0.137. The Hall–Kier alpha value is -1.10. The summed E-state index contributed by atoms with van der Waals surface area (Å²) < 4.78 is 16.1. The topological polar surface area (TPSA) is 47.9 Å². The summed E-state index contributed by atoms with van der Waals surface area (Å²) >= 11 is 0. The van der Waals surface area contributed by atoms with Crippen LogP contribution in [0.4, 0.5) is 0 Å². The van der Waals surface area contributed by atoms with Gasteiger partial charge in [0.05, 0.1) is 12.7 Å². The lowest BCUT2D eigenvalue weighted by Gasteiger charge is -2.23. The van der Waals surface area contributed by atoms with E-state index in [4.69, 9.17) is 14.2 Å². The average Bonchev–Trinajstić information content (AvgIpc) is 2.45. The number of aliphatic hydroxyl groups excluding tert-OH is 1. The van der Waals surface area contributed by atoms with Gasteiger partial charge in [0.2, 0.25) is 0 Å². The second kappa shape index (κ2) is 8.91. The predicted molar refractivity (Wildman–Crippen MR) is 74.5 cm³/mol. The summed E-state index contributed by atoms with van der Waals surface area (Å²) in [6.45, 7) is 5.50. The number of ether oxygens (including phenoxy) is 3. The van der Waals surface area contributed by atoms with Crippen molar-refractivity contribution in [1.82, 2.24) is 0 Å². The van der Waals surface area contributed by atoms with E-state index in [2.05, 4.69) is 0 Å². The molecule has 0 heterocycles. The molecule has 108 valence electrons. The number of hydrogen-bond acceptors (Lipinski definition) is 4. The first-order chi connectivity index (χ1) is 9.24. The van der Waals surface area contributed by atoms with Crippen LogP contribution in [0.5, 0.6) is 5.75 Å². The third-order valence-corrected chi connectivity index (χ3v) is 2.92. The van der Waals surface area contributed by atoms with Crippen molar-refractivity contribution < 1.29 is 19.3 Å². The molecular weight excluding hydrogens is 244 g/mol. The highest BCUT2D eigenvalue weighted by atomic mass is 16.5. The zero-order valence-electron chi connectivity index (χ0n) is 12.0. The van der Waals surface area contributed by atoms with Crippen LogP contribution in [0.25, 0.3) is 0 Å². The van der Waals surface area contributed by atoms with Gasteiger partial charge in [0.1, 0.15) is 18.5 Å². The zero-order valence-corrected chi connectivity index (χ0v) is 12.0. The van der Waals surface area contributed by atoms with Gasteiger partial charge in [-0.3, -0.25) is 0 Å². The summed E-state index contributed by atoms with van der Waals surface area (Å²) in [5.41, 5.74) is 0.763. The molecule has 0 aliphatic heterocycles. The van der Waals surface area contributed by atoms with Gasteiger partial charge in [0.25, 0.3) is 0 Å². The molecule has 1 N–H and O–H groups in total. The Bertz CT molecular complexity index is 354. The maximum absolute atomic E-state index is 10.4. The van der Waals surface area contributed by atoms with Gasteiger partial charge >= 0.3 is 0 Å². The van der Waals surface area contributed by atoms with E-state index in [1.165, 1.54) is 0 Å². The van der Waals surface area contributed by atoms with E-state index in [1.807, 2.05) is 38.1 Å². The number of para-hydroxylation sites is 1. The number of aliphatic hydroxyl groups is 1. The van der Waals surface area contributed by atoms with Gasteiger partial charge in [0.15, 0.2) is 0 Å². The Balaban J connectivity index is 2.79. The van der Waals surface area contributed by atoms with Gasteiger partial charge in [-0.15, -0.1) is 0 Å². The molecule has 4 heteroatoms. The molecule has 0 fully saturated rings. The molecule has 0 aliphatic carbocycles. The molecule has 0 saturated heterocycles. The fourth-order valence-electron chi connectivity index (χ4n) is 1.94. The first-order valence-corrected chi connectivity index (χ1v) is 6.74. The number of rotatable bonds is 9. The van der Waals surface area contributed by atoms with Gasteiger partial charge in [-0.25, -0.2) is 0 Å². The lowest BCUT2D eigenvalue weighted by molar-refractivity contribution is -0.0366. The zero-order chi connectivity index (χ0) is 14.1. The van der Waals surface area contributed by atoms with E-state index >= 15 is 0 Å². The van der Waals surface area contributed by atoms with E-state index in [9.17, 15) is 5.11 Å². The van der Waals surface area contributed by atoms with Gasteiger partial charge in [-0.2, -0.15) is 0 Å². The highest BCUT2D eigenvalue weighted by Crippen LogP contribution is 2.29. The first-order valence-electron chi connectivity index (χ1n) is 6.74. The van der Waals surface area contributed by atoms with E-state index in [0.717, 1.165) is 12.0 Å². The highest BCUT2D eigenvalue weighted by Gasteiger charge is 2.22. The van der Waals surface area contributed by atoms with E-state index in [1.54, 1.807) is 7.11 Å². The van der Waals surface area contributed by atoms with Crippen molar-refractivity contribution in [3.05, 3.63) is 29.8 Å². The Labute approximate surface area is 115 Å². The van der Waals surface area contributed by atoms with Crippen LogP contribution in [0, 0.1) is 0 Å². The molecule has 0 radical (unpaired) electrons. The van der Waals surface area contributed by atoms with Crippen molar-refractivity contribution in [2.45, 2.75) is 32.5 Å². The molecule has 0 aromatic heterocycles. The third kappa shape index (κ3) is 4.82. The quantitative estimate of drug-likeness (QED) is 0.699. The second-order valence-electron chi connectivity index (χ2n) is 4.23. The first kappa shape index (κ1) is 16.0. The third-order valence-electron chi connectivity index (χ3n) is 2.92. The van der Waals surface area contributed by atoms with Crippen molar-refractivity contribution in [3.8, 4) is 5.75 Å². The molecular formula is C15H24O4. The summed E-state index contributed by atoms with van der Waals surface area (Å²) in [5.74, 6) is 0.685. The smallest absolute Gasteiger partial charge is 0.125 e. The molecule has 0 amide bonds.